The topological polar surface area (TPSA) is 12.0 Å². The van der Waals surface area contributed by atoms with E-state index in [-0.39, 0.29) is 11.5 Å². The molecular weight excluding hydrogens is 355 g/mol. The molecule has 6 heteroatoms. The zero-order chi connectivity index (χ0) is 15.6. The van der Waals surface area contributed by atoms with Crippen molar-refractivity contribution in [2.45, 2.75) is 39.4 Å². The van der Waals surface area contributed by atoms with E-state index in [1.807, 2.05) is 0 Å². The first-order valence-electron chi connectivity index (χ1n) is 6.25. The lowest BCUT2D eigenvalue weighted by atomic mass is 9.85. The first-order chi connectivity index (χ1) is 9.05. The van der Waals surface area contributed by atoms with Crippen LogP contribution in [0.3, 0.4) is 0 Å². The van der Waals surface area contributed by atoms with Gasteiger partial charge < -0.3 is 5.32 Å². The van der Waals surface area contributed by atoms with Gasteiger partial charge in [0.1, 0.15) is 0 Å². The minimum atomic E-state index is -4.33. The molecule has 0 saturated carbocycles. The number of anilines is 1. The van der Waals surface area contributed by atoms with Gasteiger partial charge >= 0.3 is 6.18 Å². The van der Waals surface area contributed by atoms with Crippen LogP contribution in [0, 0.1) is 5.41 Å². The standard InChI is InChI=1S/C14H18BrClF3N/c1-13(2,3)12(6-7-16)20-11-5-4-9(8-10(11)15)14(17,18)19/h4-5,8,12,20H,6-7H2,1-3H3. The van der Waals surface area contributed by atoms with Crippen LogP contribution < -0.4 is 5.32 Å². The van der Waals surface area contributed by atoms with Gasteiger partial charge in [-0.15, -0.1) is 11.6 Å². The Balaban J connectivity index is 2.98. The smallest absolute Gasteiger partial charge is 0.381 e. The molecule has 0 bridgehead atoms. The van der Waals surface area contributed by atoms with E-state index in [4.69, 9.17) is 11.6 Å². The molecule has 1 aromatic rings. The fourth-order valence-corrected chi connectivity index (χ4v) is 2.54. The van der Waals surface area contributed by atoms with Gasteiger partial charge in [0.15, 0.2) is 0 Å². The summed E-state index contributed by atoms with van der Waals surface area (Å²) in [5, 5.41) is 3.27. The van der Waals surface area contributed by atoms with E-state index in [9.17, 15) is 13.2 Å². The van der Waals surface area contributed by atoms with Gasteiger partial charge in [-0.2, -0.15) is 13.2 Å². The van der Waals surface area contributed by atoms with E-state index in [2.05, 4.69) is 42.0 Å². The van der Waals surface area contributed by atoms with Crippen molar-refractivity contribution < 1.29 is 13.2 Å². The number of benzene rings is 1. The minimum absolute atomic E-state index is 0.0446. The summed E-state index contributed by atoms with van der Waals surface area (Å²) in [5.74, 6) is 0.493. The van der Waals surface area contributed by atoms with Gasteiger partial charge in [0, 0.05) is 22.1 Å². The van der Waals surface area contributed by atoms with Crippen molar-refractivity contribution in [3.63, 3.8) is 0 Å². The lowest BCUT2D eigenvalue weighted by Crippen LogP contribution is -2.34. The Kier molecular flexibility index (Phi) is 5.79. The Bertz CT molecular complexity index is 455. The number of halogens is 5. The molecule has 0 saturated heterocycles. The van der Waals surface area contributed by atoms with Crippen molar-refractivity contribution in [2.24, 2.45) is 5.41 Å². The molecule has 0 aliphatic heterocycles. The van der Waals surface area contributed by atoms with Crippen LogP contribution in [0.4, 0.5) is 18.9 Å². The Hall–Kier alpha value is -0.420. The number of hydrogen-bond donors (Lipinski definition) is 1. The molecule has 0 aliphatic carbocycles. The van der Waals surface area contributed by atoms with Crippen molar-refractivity contribution in [2.75, 3.05) is 11.2 Å². The molecule has 114 valence electrons. The van der Waals surface area contributed by atoms with Gasteiger partial charge in [-0.1, -0.05) is 20.8 Å². The highest BCUT2D eigenvalue weighted by molar-refractivity contribution is 9.10. The van der Waals surface area contributed by atoms with Crippen LogP contribution >= 0.6 is 27.5 Å². The second-order valence-electron chi connectivity index (χ2n) is 5.73. The van der Waals surface area contributed by atoms with Crippen LogP contribution in [0.25, 0.3) is 0 Å². The monoisotopic (exact) mass is 371 g/mol. The van der Waals surface area contributed by atoms with Crippen molar-refractivity contribution in [3.05, 3.63) is 28.2 Å². The highest BCUT2D eigenvalue weighted by atomic mass is 79.9. The fraction of sp³-hybridized carbons (Fsp3) is 0.571. The van der Waals surface area contributed by atoms with Crippen LogP contribution in [-0.2, 0) is 6.18 Å². The first kappa shape index (κ1) is 17.6. The molecule has 20 heavy (non-hydrogen) atoms. The van der Waals surface area contributed by atoms with E-state index in [0.717, 1.165) is 18.6 Å². The predicted octanol–water partition coefficient (Wildman–Crippen LogP) is 5.92. The van der Waals surface area contributed by atoms with Gasteiger partial charge in [-0.3, -0.25) is 0 Å². The summed E-state index contributed by atoms with van der Waals surface area (Å²) in [6, 6.07) is 3.68. The Morgan fingerprint density at radius 1 is 1.25 bits per heavy atom. The third-order valence-corrected chi connectivity index (χ3v) is 3.94. The van der Waals surface area contributed by atoms with Gasteiger partial charge in [0.25, 0.3) is 0 Å². The minimum Gasteiger partial charge on any atom is -0.381 e. The Morgan fingerprint density at radius 2 is 1.85 bits per heavy atom. The maximum absolute atomic E-state index is 12.6. The third-order valence-electron chi connectivity index (χ3n) is 3.07. The Labute approximate surface area is 131 Å². The molecule has 1 aromatic carbocycles. The zero-order valence-corrected chi connectivity index (χ0v) is 14.0. The summed E-state index contributed by atoms with van der Waals surface area (Å²) in [6.45, 7) is 6.19. The van der Waals surface area contributed by atoms with Gasteiger partial charge in [-0.25, -0.2) is 0 Å². The fourth-order valence-electron chi connectivity index (χ4n) is 1.83. The van der Waals surface area contributed by atoms with E-state index in [1.54, 1.807) is 0 Å². The van der Waals surface area contributed by atoms with Crippen LogP contribution in [0.5, 0.6) is 0 Å². The molecule has 0 radical (unpaired) electrons. The molecule has 0 aliphatic rings. The number of hydrogen-bond acceptors (Lipinski definition) is 1. The van der Waals surface area contributed by atoms with Gasteiger partial charge in [-0.05, 0) is 46.0 Å². The average molecular weight is 373 g/mol. The highest BCUT2D eigenvalue weighted by Crippen LogP contribution is 2.35. The highest BCUT2D eigenvalue weighted by Gasteiger charge is 2.31. The molecule has 1 nitrogen and oxygen atoms in total. The summed E-state index contributed by atoms with van der Waals surface area (Å²) in [5.41, 5.74) is -0.0700. The summed E-state index contributed by atoms with van der Waals surface area (Å²) in [6.07, 6.45) is -3.60. The van der Waals surface area contributed by atoms with E-state index in [1.165, 1.54) is 6.07 Å². The molecule has 0 fully saturated rings. The van der Waals surface area contributed by atoms with Crippen LogP contribution in [0.2, 0.25) is 0 Å². The van der Waals surface area contributed by atoms with E-state index in [0.29, 0.717) is 16.0 Å². The molecular formula is C14H18BrClF3N. The van der Waals surface area contributed by atoms with Gasteiger partial charge in [0.2, 0.25) is 0 Å². The summed E-state index contributed by atoms with van der Waals surface area (Å²) >= 11 is 8.98. The number of nitrogens with one attached hydrogen (secondary N) is 1. The largest absolute Gasteiger partial charge is 0.416 e. The second-order valence-corrected chi connectivity index (χ2v) is 6.97. The summed E-state index contributed by atoms with van der Waals surface area (Å²) in [7, 11) is 0. The summed E-state index contributed by atoms with van der Waals surface area (Å²) < 4.78 is 38.2. The van der Waals surface area contributed by atoms with Crippen molar-refractivity contribution >= 4 is 33.2 Å². The molecule has 0 amide bonds. The molecule has 1 N–H and O–H groups in total. The van der Waals surface area contributed by atoms with Crippen molar-refractivity contribution in [1.82, 2.24) is 0 Å². The molecule has 0 heterocycles. The van der Waals surface area contributed by atoms with Crippen LogP contribution in [0.1, 0.15) is 32.8 Å². The lowest BCUT2D eigenvalue weighted by molar-refractivity contribution is -0.137. The molecule has 1 atom stereocenters. The molecule has 0 aromatic heterocycles. The van der Waals surface area contributed by atoms with E-state index < -0.39 is 11.7 Å². The predicted molar refractivity (Wildman–Crippen MR) is 81.3 cm³/mol. The number of rotatable bonds is 4. The molecule has 0 spiro atoms. The number of alkyl halides is 4. The zero-order valence-electron chi connectivity index (χ0n) is 11.6. The maximum Gasteiger partial charge on any atom is 0.416 e. The molecule has 1 unspecified atom stereocenters. The SMILES string of the molecule is CC(C)(C)C(CCCl)Nc1ccc(C(F)(F)F)cc1Br. The first-order valence-corrected chi connectivity index (χ1v) is 7.57. The normalized spacial score (nSPS) is 14.2. The quantitative estimate of drug-likeness (QED) is 0.647. The second kappa shape index (κ2) is 6.56. The van der Waals surface area contributed by atoms with E-state index >= 15 is 0 Å². The van der Waals surface area contributed by atoms with Crippen molar-refractivity contribution in [3.8, 4) is 0 Å². The lowest BCUT2D eigenvalue weighted by Gasteiger charge is -2.32. The maximum atomic E-state index is 12.6. The van der Waals surface area contributed by atoms with Crippen LogP contribution in [-0.4, -0.2) is 11.9 Å². The Morgan fingerprint density at radius 3 is 2.25 bits per heavy atom. The third kappa shape index (κ3) is 4.85. The summed E-state index contributed by atoms with van der Waals surface area (Å²) in [4.78, 5) is 0. The van der Waals surface area contributed by atoms with Crippen molar-refractivity contribution in [1.29, 1.82) is 0 Å². The van der Waals surface area contributed by atoms with Gasteiger partial charge in [0.05, 0.1) is 5.56 Å². The average Bonchev–Trinajstić information content (AvgIpc) is 2.28. The molecule has 1 rings (SSSR count). The van der Waals surface area contributed by atoms with Crippen LogP contribution in [0.15, 0.2) is 22.7 Å².